The molecule has 1 aromatic rings. The Morgan fingerprint density at radius 3 is 2.67 bits per heavy atom. The first kappa shape index (κ1) is 19.9. The summed E-state index contributed by atoms with van der Waals surface area (Å²) < 4.78 is 4.86. The highest BCUT2D eigenvalue weighted by Crippen LogP contribution is 2.07. The van der Waals surface area contributed by atoms with Crippen LogP contribution in [0.2, 0.25) is 0 Å². The summed E-state index contributed by atoms with van der Waals surface area (Å²) in [6.45, 7) is 2.62. The van der Waals surface area contributed by atoms with Gasteiger partial charge in [-0.05, 0) is 17.9 Å². The Balaban J connectivity index is 0.00000400. The average Bonchev–Trinajstić information content (AvgIpc) is 2.97. The molecule has 0 atom stereocenters. The van der Waals surface area contributed by atoms with E-state index in [1.54, 1.807) is 13.2 Å². The third-order valence-corrected chi connectivity index (χ3v) is 3.34. The normalized spacial score (nSPS) is 9.76. The van der Waals surface area contributed by atoms with E-state index in [0.717, 1.165) is 0 Å². The van der Waals surface area contributed by atoms with Crippen molar-refractivity contribution in [3.8, 4) is 0 Å². The Labute approximate surface area is 135 Å². The number of halogens is 1. The van der Waals surface area contributed by atoms with Crippen LogP contribution < -0.4 is 16.0 Å². The van der Waals surface area contributed by atoms with Crippen LogP contribution in [0.3, 0.4) is 0 Å². The number of hydrogen-bond acceptors (Lipinski definition) is 5. The number of amides is 2. The molecule has 0 saturated heterocycles. The number of ether oxygens (including phenoxy) is 1. The minimum atomic E-state index is -0.0624. The zero-order valence-corrected chi connectivity index (χ0v) is 13.6. The zero-order valence-electron chi connectivity index (χ0n) is 12.0. The number of rotatable bonds is 10. The molecule has 120 valence electrons. The molecule has 3 N–H and O–H groups in total. The van der Waals surface area contributed by atoms with Crippen molar-refractivity contribution in [2.75, 3.05) is 39.9 Å². The lowest BCUT2D eigenvalue weighted by atomic mass is 10.4. The van der Waals surface area contributed by atoms with Crippen molar-refractivity contribution in [3.05, 3.63) is 22.4 Å². The second-order valence-corrected chi connectivity index (χ2v) is 5.05. The van der Waals surface area contributed by atoms with Crippen molar-refractivity contribution in [2.45, 2.75) is 6.42 Å². The Bertz CT molecular complexity index is 401. The fraction of sp³-hybridized carbons (Fsp3) is 0.538. The van der Waals surface area contributed by atoms with E-state index in [-0.39, 0.29) is 30.8 Å². The van der Waals surface area contributed by atoms with E-state index in [9.17, 15) is 9.59 Å². The van der Waals surface area contributed by atoms with Gasteiger partial charge in [0.05, 0.1) is 18.0 Å². The quantitative estimate of drug-likeness (QED) is 0.548. The summed E-state index contributed by atoms with van der Waals surface area (Å²) in [5.41, 5.74) is 0. The van der Waals surface area contributed by atoms with E-state index in [1.165, 1.54) is 11.3 Å². The predicted molar refractivity (Wildman–Crippen MR) is 86.3 cm³/mol. The second-order valence-electron chi connectivity index (χ2n) is 4.11. The topological polar surface area (TPSA) is 79.5 Å². The van der Waals surface area contributed by atoms with E-state index in [2.05, 4.69) is 16.0 Å². The van der Waals surface area contributed by atoms with Gasteiger partial charge in [0.15, 0.2) is 0 Å². The Morgan fingerprint density at radius 2 is 2.00 bits per heavy atom. The molecule has 0 bridgehead atoms. The van der Waals surface area contributed by atoms with E-state index in [4.69, 9.17) is 4.74 Å². The second kappa shape index (κ2) is 12.6. The summed E-state index contributed by atoms with van der Waals surface area (Å²) in [6.07, 6.45) is 0.709. The van der Waals surface area contributed by atoms with Crippen LogP contribution in [0.4, 0.5) is 0 Å². The SMILES string of the molecule is COCCNCC(=O)NCCCNC(=O)c1cccs1.Cl. The minimum absolute atomic E-state index is 0. The van der Waals surface area contributed by atoms with E-state index < -0.39 is 0 Å². The Morgan fingerprint density at radius 1 is 1.24 bits per heavy atom. The molecule has 0 aliphatic carbocycles. The first-order valence-corrected chi connectivity index (χ1v) is 7.40. The van der Waals surface area contributed by atoms with Crippen LogP contribution in [0.5, 0.6) is 0 Å². The molecule has 6 nitrogen and oxygen atoms in total. The summed E-state index contributed by atoms with van der Waals surface area (Å²) in [6, 6.07) is 3.63. The molecule has 1 heterocycles. The highest BCUT2D eigenvalue weighted by atomic mass is 35.5. The number of methoxy groups -OCH3 is 1. The maximum atomic E-state index is 11.6. The number of thiophene rings is 1. The van der Waals surface area contributed by atoms with Crippen LogP contribution in [-0.2, 0) is 9.53 Å². The van der Waals surface area contributed by atoms with Gasteiger partial charge in [-0.2, -0.15) is 0 Å². The van der Waals surface area contributed by atoms with Crippen LogP contribution in [-0.4, -0.2) is 51.7 Å². The first-order valence-electron chi connectivity index (χ1n) is 6.52. The third kappa shape index (κ3) is 9.41. The van der Waals surface area contributed by atoms with E-state index in [1.807, 2.05) is 11.4 Å². The standard InChI is InChI=1S/C13H21N3O3S.ClH/c1-19-8-7-14-10-12(17)15-5-3-6-16-13(18)11-4-2-9-20-11;/h2,4,9,14H,3,5-8,10H2,1H3,(H,15,17)(H,16,18);1H. The molecule has 8 heteroatoms. The van der Waals surface area contributed by atoms with Gasteiger partial charge >= 0.3 is 0 Å². The molecule has 0 unspecified atom stereocenters. The molecule has 0 fully saturated rings. The summed E-state index contributed by atoms with van der Waals surface area (Å²) in [4.78, 5) is 23.7. The van der Waals surface area contributed by atoms with Gasteiger partial charge < -0.3 is 20.7 Å². The van der Waals surface area contributed by atoms with Gasteiger partial charge in [0.1, 0.15) is 0 Å². The van der Waals surface area contributed by atoms with Gasteiger partial charge in [-0.3, -0.25) is 9.59 Å². The highest BCUT2D eigenvalue weighted by Gasteiger charge is 2.05. The maximum absolute atomic E-state index is 11.6. The lowest BCUT2D eigenvalue weighted by Crippen LogP contribution is -2.36. The Kier molecular flexibility index (Phi) is 11.9. The van der Waals surface area contributed by atoms with Gasteiger partial charge in [0.25, 0.3) is 5.91 Å². The fourth-order valence-corrected chi connectivity index (χ4v) is 2.09. The largest absolute Gasteiger partial charge is 0.383 e. The van der Waals surface area contributed by atoms with E-state index in [0.29, 0.717) is 37.5 Å². The van der Waals surface area contributed by atoms with Gasteiger partial charge in [0.2, 0.25) is 5.91 Å². The molecule has 2 amide bonds. The number of carbonyl (C=O) groups is 2. The zero-order chi connectivity index (χ0) is 14.6. The first-order chi connectivity index (χ1) is 9.74. The molecular formula is C13H22ClN3O3S. The Hall–Kier alpha value is -1.15. The van der Waals surface area contributed by atoms with Crippen LogP contribution in [0.25, 0.3) is 0 Å². The molecule has 0 aliphatic rings. The third-order valence-electron chi connectivity index (χ3n) is 2.47. The average molecular weight is 336 g/mol. The van der Waals surface area contributed by atoms with Crippen LogP contribution in [0, 0.1) is 0 Å². The van der Waals surface area contributed by atoms with Crippen molar-refractivity contribution in [3.63, 3.8) is 0 Å². The predicted octanol–water partition coefficient (Wildman–Crippen LogP) is 0.642. The minimum Gasteiger partial charge on any atom is -0.383 e. The van der Waals surface area contributed by atoms with Crippen LogP contribution in [0.1, 0.15) is 16.1 Å². The van der Waals surface area contributed by atoms with Crippen molar-refractivity contribution in [2.24, 2.45) is 0 Å². The van der Waals surface area contributed by atoms with Crippen molar-refractivity contribution in [1.82, 2.24) is 16.0 Å². The molecule has 0 radical (unpaired) electrons. The van der Waals surface area contributed by atoms with Gasteiger partial charge in [-0.1, -0.05) is 6.07 Å². The number of nitrogens with one attached hydrogen (secondary N) is 3. The molecule has 1 rings (SSSR count). The molecule has 21 heavy (non-hydrogen) atoms. The summed E-state index contributed by atoms with van der Waals surface area (Å²) >= 11 is 1.41. The van der Waals surface area contributed by atoms with Crippen LogP contribution >= 0.6 is 23.7 Å². The van der Waals surface area contributed by atoms with Gasteiger partial charge in [-0.25, -0.2) is 0 Å². The lowest BCUT2D eigenvalue weighted by molar-refractivity contribution is -0.120. The van der Waals surface area contributed by atoms with Crippen LogP contribution in [0.15, 0.2) is 17.5 Å². The molecule has 0 aromatic carbocycles. The maximum Gasteiger partial charge on any atom is 0.261 e. The molecule has 0 aliphatic heterocycles. The summed E-state index contributed by atoms with van der Waals surface area (Å²) in [7, 11) is 1.62. The summed E-state index contributed by atoms with van der Waals surface area (Å²) in [5, 5.41) is 10.4. The van der Waals surface area contributed by atoms with Crippen molar-refractivity contribution >= 4 is 35.6 Å². The molecule has 1 aromatic heterocycles. The number of hydrogen-bond donors (Lipinski definition) is 3. The van der Waals surface area contributed by atoms with E-state index >= 15 is 0 Å². The fourth-order valence-electron chi connectivity index (χ4n) is 1.45. The number of carbonyl (C=O) groups excluding carboxylic acids is 2. The van der Waals surface area contributed by atoms with Gasteiger partial charge in [0, 0.05) is 26.7 Å². The van der Waals surface area contributed by atoms with Gasteiger partial charge in [-0.15, -0.1) is 23.7 Å². The monoisotopic (exact) mass is 335 g/mol. The molecular weight excluding hydrogens is 314 g/mol. The molecule has 0 saturated carbocycles. The van der Waals surface area contributed by atoms with Crippen molar-refractivity contribution in [1.29, 1.82) is 0 Å². The molecule has 0 spiro atoms. The smallest absolute Gasteiger partial charge is 0.261 e. The lowest BCUT2D eigenvalue weighted by Gasteiger charge is -2.07. The van der Waals surface area contributed by atoms with Crippen molar-refractivity contribution < 1.29 is 14.3 Å². The summed E-state index contributed by atoms with van der Waals surface area (Å²) in [5.74, 6) is -0.113. The highest BCUT2D eigenvalue weighted by molar-refractivity contribution is 7.12.